The third kappa shape index (κ3) is 7.00. The van der Waals surface area contributed by atoms with Gasteiger partial charge in [-0.3, -0.25) is 24.0 Å². The van der Waals surface area contributed by atoms with Gasteiger partial charge in [0.05, 0.1) is 0 Å². The number of amides is 5. The molecule has 2 saturated heterocycles. The zero-order valence-corrected chi connectivity index (χ0v) is 22.8. The van der Waals surface area contributed by atoms with Crippen molar-refractivity contribution in [2.24, 2.45) is 28.9 Å². The van der Waals surface area contributed by atoms with Gasteiger partial charge in [-0.1, -0.05) is 13.8 Å². The second kappa shape index (κ2) is 11.7. The molecule has 1 aliphatic carbocycles. The van der Waals surface area contributed by atoms with Crippen molar-refractivity contribution >= 4 is 29.5 Å². The fourth-order valence-corrected chi connectivity index (χ4v) is 5.95. The third-order valence-electron chi connectivity index (χ3n) is 8.31. The van der Waals surface area contributed by atoms with Crippen LogP contribution in [0.3, 0.4) is 0 Å². The predicted molar refractivity (Wildman–Crippen MR) is 134 cm³/mol. The lowest BCUT2D eigenvalue weighted by molar-refractivity contribution is -0.175. The van der Waals surface area contributed by atoms with E-state index in [0.29, 0.717) is 32.4 Å². The van der Waals surface area contributed by atoms with Gasteiger partial charge in [-0.2, -0.15) is 13.2 Å². The highest BCUT2D eigenvalue weighted by molar-refractivity contribution is 5.96. The van der Waals surface area contributed by atoms with Crippen LogP contribution in [-0.2, 0) is 24.0 Å². The van der Waals surface area contributed by atoms with Crippen LogP contribution in [-0.4, -0.2) is 97.4 Å². The molecule has 0 bridgehead atoms. The van der Waals surface area contributed by atoms with Crippen LogP contribution in [0.1, 0.15) is 46.0 Å². The van der Waals surface area contributed by atoms with E-state index >= 15 is 0 Å². The molecule has 5 N–H and O–H groups in total. The Bertz CT molecular complexity index is 988. The van der Waals surface area contributed by atoms with E-state index < -0.39 is 53.8 Å². The van der Waals surface area contributed by atoms with Crippen molar-refractivity contribution in [2.75, 3.05) is 33.7 Å². The van der Waals surface area contributed by atoms with E-state index in [1.165, 1.54) is 4.90 Å². The molecule has 0 aromatic carbocycles. The summed E-state index contributed by atoms with van der Waals surface area (Å²) in [5, 5.41) is 7.08. The van der Waals surface area contributed by atoms with Gasteiger partial charge in [0.25, 0.3) is 0 Å². The number of nitrogens with zero attached hydrogens (tertiary/aromatic N) is 2. The quantitative estimate of drug-likeness (QED) is 0.241. The fraction of sp³-hybridized carbons (Fsp3) is 0.800. The van der Waals surface area contributed by atoms with Crippen molar-refractivity contribution in [3.05, 3.63) is 0 Å². The van der Waals surface area contributed by atoms with Gasteiger partial charge in [0, 0.05) is 19.0 Å². The maximum atomic E-state index is 13.6. The van der Waals surface area contributed by atoms with Crippen LogP contribution in [0.2, 0.25) is 0 Å². The summed E-state index contributed by atoms with van der Waals surface area (Å²) in [5.41, 5.74) is 5.21. The highest BCUT2D eigenvalue weighted by atomic mass is 19.4. The number of nitrogens with one attached hydrogen (secondary N) is 3. The molecule has 39 heavy (non-hydrogen) atoms. The van der Waals surface area contributed by atoms with E-state index in [1.54, 1.807) is 0 Å². The minimum atomic E-state index is -5.17. The number of alkyl halides is 3. The SMILES string of the molecule is CN(C)CCCC[C@H](NC(=O)C(F)(F)F)C(=O)N1C[C@H]2[C@@H]([C@H]1C(=O)N[C@@H](C[C@@H]1CCNC1=O)C(N)=O)C2(C)C. The zero-order chi connectivity index (χ0) is 29.3. The number of halogens is 3. The Balaban J connectivity index is 1.78. The van der Waals surface area contributed by atoms with Gasteiger partial charge < -0.3 is 31.5 Å². The summed E-state index contributed by atoms with van der Waals surface area (Å²) in [7, 11) is 3.68. The number of piperidine rings is 1. The number of primary amides is 1. The Morgan fingerprint density at radius 3 is 2.36 bits per heavy atom. The van der Waals surface area contributed by atoms with Gasteiger partial charge in [0.2, 0.25) is 23.6 Å². The molecular weight excluding hydrogens is 521 g/mol. The molecule has 3 fully saturated rings. The Kier molecular flexibility index (Phi) is 9.18. The summed E-state index contributed by atoms with van der Waals surface area (Å²) in [6.45, 7) is 5.10. The molecule has 0 unspecified atom stereocenters. The summed E-state index contributed by atoms with van der Waals surface area (Å²) in [6.07, 6.45) is -3.74. The summed E-state index contributed by atoms with van der Waals surface area (Å²) in [5.74, 6) is -5.57. The van der Waals surface area contributed by atoms with Crippen molar-refractivity contribution < 1.29 is 37.1 Å². The molecule has 0 spiro atoms. The fourth-order valence-electron chi connectivity index (χ4n) is 5.95. The molecule has 3 rings (SSSR count). The number of rotatable bonds is 12. The van der Waals surface area contributed by atoms with Gasteiger partial charge in [-0.25, -0.2) is 0 Å². The average molecular weight is 561 g/mol. The van der Waals surface area contributed by atoms with Crippen molar-refractivity contribution in [2.45, 2.75) is 70.3 Å². The molecule has 220 valence electrons. The van der Waals surface area contributed by atoms with Gasteiger partial charge in [0.15, 0.2) is 0 Å². The van der Waals surface area contributed by atoms with E-state index in [2.05, 4.69) is 10.6 Å². The lowest BCUT2D eigenvalue weighted by Gasteiger charge is -2.34. The zero-order valence-electron chi connectivity index (χ0n) is 22.8. The number of unbranched alkanes of at least 4 members (excludes halogenated alkanes) is 1. The van der Waals surface area contributed by atoms with E-state index in [-0.39, 0.29) is 42.5 Å². The molecule has 6 atom stereocenters. The molecular formula is C25H39F3N6O5. The monoisotopic (exact) mass is 560 g/mol. The largest absolute Gasteiger partial charge is 0.471 e. The Hall–Kier alpha value is -2.90. The van der Waals surface area contributed by atoms with E-state index in [4.69, 9.17) is 5.73 Å². The summed E-state index contributed by atoms with van der Waals surface area (Å²) in [6, 6.07) is -3.67. The molecule has 0 aromatic rings. The van der Waals surface area contributed by atoms with Crippen molar-refractivity contribution in [1.82, 2.24) is 25.8 Å². The topological polar surface area (TPSA) is 154 Å². The average Bonchev–Trinajstić information content (AvgIpc) is 3.18. The number of hydrogen-bond acceptors (Lipinski definition) is 6. The maximum Gasteiger partial charge on any atom is 0.471 e. The molecule has 0 aromatic heterocycles. The minimum Gasteiger partial charge on any atom is -0.368 e. The van der Waals surface area contributed by atoms with Crippen LogP contribution >= 0.6 is 0 Å². The third-order valence-corrected chi connectivity index (χ3v) is 8.31. The van der Waals surface area contributed by atoms with Crippen LogP contribution in [0.5, 0.6) is 0 Å². The maximum absolute atomic E-state index is 13.6. The van der Waals surface area contributed by atoms with Crippen LogP contribution in [0.25, 0.3) is 0 Å². The van der Waals surface area contributed by atoms with Crippen molar-refractivity contribution in [3.8, 4) is 0 Å². The van der Waals surface area contributed by atoms with Crippen molar-refractivity contribution in [1.29, 1.82) is 0 Å². The van der Waals surface area contributed by atoms with Gasteiger partial charge in [-0.05, 0) is 70.0 Å². The van der Waals surface area contributed by atoms with Gasteiger partial charge in [0.1, 0.15) is 18.1 Å². The second-order valence-corrected chi connectivity index (χ2v) is 11.7. The highest BCUT2D eigenvalue weighted by Gasteiger charge is 2.69. The molecule has 5 amide bonds. The first-order chi connectivity index (χ1) is 18.1. The van der Waals surface area contributed by atoms with Crippen LogP contribution in [0.4, 0.5) is 13.2 Å². The molecule has 11 nitrogen and oxygen atoms in total. The number of carbonyl (C=O) groups excluding carboxylic acids is 5. The summed E-state index contributed by atoms with van der Waals surface area (Å²) >= 11 is 0. The number of hydrogen-bond donors (Lipinski definition) is 4. The second-order valence-electron chi connectivity index (χ2n) is 11.7. The molecule has 1 saturated carbocycles. The lowest BCUT2D eigenvalue weighted by atomic mass is 9.96. The highest BCUT2D eigenvalue weighted by Crippen LogP contribution is 2.65. The lowest BCUT2D eigenvalue weighted by Crippen LogP contribution is -2.59. The Morgan fingerprint density at radius 1 is 1.15 bits per heavy atom. The predicted octanol–water partition coefficient (Wildman–Crippen LogP) is -0.255. The van der Waals surface area contributed by atoms with E-state index in [0.717, 1.165) is 0 Å². The van der Waals surface area contributed by atoms with E-state index in [9.17, 15) is 37.1 Å². The first-order valence-electron chi connectivity index (χ1n) is 13.3. The van der Waals surface area contributed by atoms with Crippen LogP contribution in [0.15, 0.2) is 0 Å². The molecule has 0 radical (unpaired) electrons. The standard InChI is InChI=1S/C25H39F3N6O5/c1-24(2)14-12-34(22(38)15(7-5-6-10-33(3)4)32-23(39)25(26,27)28)18(17(14)24)21(37)31-16(19(29)35)11-13-8-9-30-20(13)36/h13-18H,5-12H2,1-4H3,(H2,29,35)(H,30,36)(H,31,37)(H,32,39)/t13-,14-,15-,16-,17-,18-/m0/s1. The summed E-state index contributed by atoms with van der Waals surface area (Å²) in [4.78, 5) is 66.1. The van der Waals surface area contributed by atoms with Gasteiger partial charge in [-0.15, -0.1) is 0 Å². The number of likely N-dealkylation sites (tertiary alicyclic amines) is 1. The molecule has 2 heterocycles. The van der Waals surface area contributed by atoms with Crippen LogP contribution < -0.4 is 21.7 Å². The van der Waals surface area contributed by atoms with Gasteiger partial charge >= 0.3 is 12.1 Å². The first-order valence-corrected chi connectivity index (χ1v) is 13.3. The number of fused-ring (bicyclic) bond motifs is 1. The number of nitrogens with two attached hydrogens (primary N) is 1. The molecule has 14 heteroatoms. The molecule has 3 aliphatic rings. The summed E-state index contributed by atoms with van der Waals surface area (Å²) < 4.78 is 39.2. The van der Waals surface area contributed by atoms with E-state index in [1.807, 2.05) is 38.2 Å². The minimum absolute atomic E-state index is 0.00119. The Labute approximate surface area is 225 Å². The smallest absolute Gasteiger partial charge is 0.368 e. The van der Waals surface area contributed by atoms with Crippen molar-refractivity contribution in [3.63, 3.8) is 0 Å². The Morgan fingerprint density at radius 2 is 1.82 bits per heavy atom. The molecule has 2 aliphatic heterocycles. The van der Waals surface area contributed by atoms with Crippen LogP contribution in [0, 0.1) is 23.2 Å². The number of carbonyl (C=O) groups is 5. The normalized spacial score (nSPS) is 27.0. The first kappa shape index (κ1) is 30.6.